The summed E-state index contributed by atoms with van der Waals surface area (Å²) in [5.41, 5.74) is 5.80. The molecule has 114 valence electrons. The first-order chi connectivity index (χ1) is 9.87. The third-order valence-electron chi connectivity index (χ3n) is 2.47. The molecule has 0 aromatic heterocycles. The molecule has 0 unspecified atom stereocenters. The number of amides is 1. The molecule has 1 rings (SSSR count). The number of benzene rings is 1. The van der Waals surface area contributed by atoms with E-state index in [1.54, 1.807) is 6.07 Å². The molecule has 1 aromatic carbocycles. The van der Waals surface area contributed by atoms with Gasteiger partial charge >= 0.3 is 6.18 Å². The van der Waals surface area contributed by atoms with Crippen LogP contribution >= 0.6 is 0 Å². The van der Waals surface area contributed by atoms with Gasteiger partial charge in [-0.1, -0.05) is 17.9 Å². The van der Waals surface area contributed by atoms with Gasteiger partial charge in [-0.3, -0.25) is 4.79 Å². The number of rotatable bonds is 4. The quantitative estimate of drug-likeness (QED) is 0.815. The largest absolute Gasteiger partial charge is 0.406 e. The number of carbonyl (C=O) groups excluding carboxylic acids is 1. The molecule has 0 radical (unpaired) electrons. The topological polar surface area (TPSA) is 66.6 Å². The maximum absolute atomic E-state index is 12.4. The number of aliphatic hydroxyl groups excluding tert-OH is 1. The van der Waals surface area contributed by atoms with Crippen LogP contribution in [0, 0.1) is 11.8 Å². The standard InChI is InChI=1S/C14H15F3N2O2/c15-14(16,17)10-19(7-8-20)13(21)12-5-1-3-11(9-12)4-2-6-18/h1,3,5,9,20H,6-8,10,18H2. The van der Waals surface area contributed by atoms with Gasteiger partial charge in [0.15, 0.2) is 0 Å². The third-order valence-corrected chi connectivity index (χ3v) is 2.47. The molecule has 1 aromatic rings. The number of nitrogens with two attached hydrogens (primary N) is 1. The average Bonchev–Trinajstić information content (AvgIpc) is 2.43. The minimum absolute atomic E-state index is 0.0801. The highest BCUT2D eigenvalue weighted by Crippen LogP contribution is 2.18. The summed E-state index contributed by atoms with van der Waals surface area (Å²) < 4.78 is 37.3. The lowest BCUT2D eigenvalue weighted by Gasteiger charge is -2.23. The molecular formula is C14H15F3N2O2. The minimum atomic E-state index is -4.53. The Morgan fingerprint density at radius 1 is 1.38 bits per heavy atom. The highest BCUT2D eigenvalue weighted by Gasteiger charge is 2.33. The fourth-order valence-corrected chi connectivity index (χ4v) is 1.66. The van der Waals surface area contributed by atoms with Gasteiger partial charge in [-0.25, -0.2) is 0 Å². The highest BCUT2D eigenvalue weighted by atomic mass is 19.4. The lowest BCUT2D eigenvalue weighted by molar-refractivity contribution is -0.141. The summed E-state index contributed by atoms with van der Waals surface area (Å²) >= 11 is 0. The molecule has 4 nitrogen and oxygen atoms in total. The predicted octanol–water partition coefficient (Wildman–Crippen LogP) is 0.994. The molecule has 21 heavy (non-hydrogen) atoms. The molecular weight excluding hydrogens is 285 g/mol. The van der Waals surface area contributed by atoms with Crippen LogP contribution in [0.2, 0.25) is 0 Å². The first kappa shape index (κ1) is 17.0. The molecule has 3 N–H and O–H groups in total. The molecule has 7 heteroatoms. The van der Waals surface area contributed by atoms with Crippen LogP contribution in [0.1, 0.15) is 15.9 Å². The summed E-state index contributed by atoms with van der Waals surface area (Å²) in [6.45, 7) is -2.21. The second kappa shape index (κ2) is 7.67. The molecule has 0 spiro atoms. The van der Waals surface area contributed by atoms with Gasteiger partial charge in [-0.15, -0.1) is 0 Å². The Hall–Kier alpha value is -2.04. The van der Waals surface area contributed by atoms with Crippen molar-refractivity contribution in [1.29, 1.82) is 0 Å². The molecule has 0 heterocycles. The number of nitrogens with zero attached hydrogens (tertiary/aromatic N) is 1. The lowest BCUT2D eigenvalue weighted by Crippen LogP contribution is -2.40. The van der Waals surface area contributed by atoms with Crippen molar-refractivity contribution in [2.75, 3.05) is 26.2 Å². The number of carbonyl (C=O) groups is 1. The molecule has 0 saturated heterocycles. The van der Waals surface area contributed by atoms with Crippen molar-refractivity contribution < 1.29 is 23.1 Å². The summed E-state index contributed by atoms with van der Waals surface area (Å²) in [5.74, 6) is 4.49. The average molecular weight is 300 g/mol. The molecule has 0 fully saturated rings. The van der Waals surface area contributed by atoms with Crippen LogP contribution in [0.25, 0.3) is 0 Å². The second-order valence-corrected chi connectivity index (χ2v) is 4.15. The summed E-state index contributed by atoms with van der Waals surface area (Å²) in [7, 11) is 0. The van der Waals surface area contributed by atoms with Gasteiger partial charge in [0.2, 0.25) is 0 Å². The van der Waals surface area contributed by atoms with Gasteiger partial charge < -0.3 is 15.7 Å². The van der Waals surface area contributed by atoms with Gasteiger partial charge in [-0.05, 0) is 18.2 Å². The molecule has 0 aliphatic heterocycles. The van der Waals surface area contributed by atoms with Crippen molar-refractivity contribution >= 4 is 5.91 Å². The van der Waals surface area contributed by atoms with E-state index in [2.05, 4.69) is 11.8 Å². The van der Waals surface area contributed by atoms with Crippen LogP contribution < -0.4 is 5.73 Å². The van der Waals surface area contributed by atoms with Crippen LogP contribution in [0.4, 0.5) is 13.2 Å². The SMILES string of the molecule is NCC#Cc1cccc(C(=O)N(CCO)CC(F)(F)F)c1. The zero-order chi connectivity index (χ0) is 15.9. The van der Waals surface area contributed by atoms with Crippen molar-refractivity contribution in [2.24, 2.45) is 5.73 Å². The Labute approximate surface area is 120 Å². The van der Waals surface area contributed by atoms with E-state index in [-0.39, 0.29) is 12.1 Å². The van der Waals surface area contributed by atoms with Gasteiger partial charge in [0, 0.05) is 17.7 Å². The van der Waals surface area contributed by atoms with E-state index in [1.807, 2.05) is 0 Å². The van der Waals surface area contributed by atoms with Gasteiger partial charge in [0.1, 0.15) is 6.54 Å². The fourth-order valence-electron chi connectivity index (χ4n) is 1.66. The van der Waals surface area contributed by atoms with Crippen molar-refractivity contribution in [3.05, 3.63) is 35.4 Å². The predicted molar refractivity (Wildman–Crippen MR) is 71.4 cm³/mol. The molecule has 1 amide bonds. The maximum Gasteiger partial charge on any atom is 0.406 e. The van der Waals surface area contributed by atoms with Gasteiger partial charge in [-0.2, -0.15) is 13.2 Å². The number of hydrogen-bond donors (Lipinski definition) is 2. The Bertz CT molecular complexity index is 547. The lowest BCUT2D eigenvalue weighted by atomic mass is 10.1. The summed E-state index contributed by atoms with van der Waals surface area (Å²) in [4.78, 5) is 12.6. The van der Waals surface area contributed by atoms with Gasteiger partial charge in [0.05, 0.1) is 13.2 Å². The van der Waals surface area contributed by atoms with E-state index in [1.165, 1.54) is 18.2 Å². The van der Waals surface area contributed by atoms with Crippen molar-refractivity contribution in [3.63, 3.8) is 0 Å². The molecule has 0 aliphatic rings. The van der Waals surface area contributed by atoms with Crippen LogP contribution in [0.15, 0.2) is 24.3 Å². The van der Waals surface area contributed by atoms with Gasteiger partial charge in [0.25, 0.3) is 5.91 Å². The Morgan fingerprint density at radius 2 is 2.10 bits per heavy atom. The van der Waals surface area contributed by atoms with E-state index in [4.69, 9.17) is 10.8 Å². The molecule has 0 bridgehead atoms. The highest BCUT2D eigenvalue weighted by molar-refractivity contribution is 5.94. The van der Waals surface area contributed by atoms with E-state index in [0.29, 0.717) is 10.5 Å². The zero-order valence-electron chi connectivity index (χ0n) is 11.2. The third kappa shape index (κ3) is 5.85. The normalized spacial score (nSPS) is 10.7. The number of halogens is 3. The monoisotopic (exact) mass is 300 g/mol. The van der Waals surface area contributed by atoms with Crippen LogP contribution in [-0.2, 0) is 0 Å². The van der Waals surface area contributed by atoms with E-state index in [0.717, 1.165) is 0 Å². The second-order valence-electron chi connectivity index (χ2n) is 4.15. The molecule has 0 atom stereocenters. The zero-order valence-corrected chi connectivity index (χ0v) is 11.2. The smallest absolute Gasteiger partial charge is 0.395 e. The Morgan fingerprint density at radius 3 is 2.67 bits per heavy atom. The Balaban J connectivity index is 2.98. The molecule has 0 saturated carbocycles. The first-order valence-electron chi connectivity index (χ1n) is 6.13. The van der Waals surface area contributed by atoms with Crippen molar-refractivity contribution in [2.45, 2.75) is 6.18 Å². The van der Waals surface area contributed by atoms with Crippen LogP contribution in [0.3, 0.4) is 0 Å². The Kier molecular flexibility index (Phi) is 6.21. The summed E-state index contributed by atoms with van der Waals surface area (Å²) in [5, 5.41) is 8.80. The summed E-state index contributed by atoms with van der Waals surface area (Å²) in [6.07, 6.45) is -4.53. The van der Waals surface area contributed by atoms with E-state index >= 15 is 0 Å². The van der Waals surface area contributed by atoms with Crippen LogP contribution in [0.5, 0.6) is 0 Å². The summed E-state index contributed by atoms with van der Waals surface area (Å²) in [6, 6.07) is 5.94. The van der Waals surface area contributed by atoms with E-state index < -0.39 is 31.8 Å². The first-order valence-corrected chi connectivity index (χ1v) is 6.13. The maximum atomic E-state index is 12.4. The van der Waals surface area contributed by atoms with Crippen molar-refractivity contribution in [1.82, 2.24) is 4.90 Å². The van der Waals surface area contributed by atoms with E-state index in [9.17, 15) is 18.0 Å². The number of alkyl halides is 3. The van der Waals surface area contributed by atoms with Crippen molar-refractivity contribution in [3.8, 4) is 11.8 Å². The van der Waals surface area contributed by atoms with Crippen LogP contribution in [-0.4, -0.2) is 48.3 Å². The molecule has 0 aliphatic carbocycles. The fraction of sp³-hybridized carbons (Fsp3) is 0.357. The minimum Gasteiger partial charge on any atom is -0.395 e. The number of hydrogen-bond acceptors (Lipinski definition) is 3. The number of aliphatic hydroxyl groups is 1.